The van der Waals surface area contributed by atoms with Gasteiger partial charge < -0.3 is 18.9 Å². The average molecular weight is 232 g/mol. The summed E-state index contributed by atoms with van der Waals surface area (Å²) in [5, 5.41) is 0. The lowest BCUT2D eigenvalue weighted by Gasteiger charge is -2.37. The third kappa shape index (κ3) is 3.46. The molecule has 0 amide bonds. The molecule has 0 bridgehead atoms. The van der Waals surface area contributed by atoms with Crippen molar-refractivity contribution >= 4 is 11.9 Å². The van der Waals surface area contributed by atoms with E-state index in [2.05, 4.69) is 0 Å². The predicted octanol–water partition coefficient (Wildman–Crippen LogP) is 0.589. The van der Waals surface area contributed by atoms with Crippen molar-refractivity contribution in [3.05, 3.63) is 0 Å². The Morgan fingerprint density at radius 3 is 1.44 bits per heavy atom. The summed E-state index contributed by atoms with van der Waals surface area (Å²) in [7, 11) is 0. The lowest BCUT2D eigenvalue weighted by molar-refractivity contribution is -0.337. The fraction of sp³-hybridized carbons (Fsp3) is 0.800. The van der Waals surface area contributed by atoms with Crippen molar-refractivity contribution in [3.8, 4) is 0 Å². The van der Waals surface area contributed by atoms with Gasteiger partial charge in [0.25, 0.3) is 12.6 Å². The number of hydrogen-bond acceptors (Lipinski definition) is 6. The molecule has 1 saturated heterocycles. The molecule has 4 unspecified atom stereocenters. The van der Waals surface area contributed by atoms with Crippen molar-refractivity contribution in [2.75, 3.05) is 0 Å². The summed E-state index contributed by atoms with van der Waals surface area (Å²) < 4.78 is 20.5. The van der Waals surface area contributed by atoms with Gasteiger partial charge >= 0.3 is 11.9 Å². The molecule has 0 N–H and O–H groups in total. The van der Waals surface area contributed by atoms with Crippen LogP contribution in [0.3, 0.4) is 0 Å². The highest BCUT2D eigenvalue weighted by atomic mass is 16.8. The molecule has 1 aliphatic heterocycles. The molecule has 1 heterocycles. The zero-order valence-corrected chi connectivity index (χ0v) is 9.76. The summed E-state index contributed by atoms with van der Waals surface area (Å²) in [6.45, 7) is 6.06. The van der Waals surface area contributed by atoms with Gasteiger partial charge in [0, 0.05) is 13.8 Å². The molecule has 1 aliphatic rings. The Morgan fingerprint density at radius 2 is 1.19 bits per heavy atom. The lowest BCUT2D eigenvalue weighted by Crippen LogP contribution is -2.50. The molecule has 0 aromatic carbocycles. The average Bonchev–Trinajstić information content (AvgIpc) is 2.11. The Hall–Kier alpha value is -1.14. The SMILES string of the molecule is CC(=O)OC1OC(C)C(C)OC1OC(C)=O. The van der Waals surface area contributed by atoms with Gasteiger partial charge in [0.2, 0.25) is 0 Å². The first kappa shape index (κ1) is 12.9. The molecule has 6 heteroatoms. The summed E-state index contributed by atoms with van der Waals surface area (Å²) in [5.74, 6) is -1.04. The molecule has 1 fully saturated rings. The topological polar surface area (TPSA) is 71.1 Å². The van der Waals surface area contributed by atoms with E-state index in [1.807, 2.05) is 0 Å². The van der Waals surface area contributed by atoms with Crippen LogP contribution in [0.1, 0.15) is 27.7 Å². The van der Waals surface area contributed by atoms with Crippen molar-refractivity contribution in [1.82, 2.24) is 0 Å². The van der Waals surface area contributed by atoms with Crippen molar-refractivity contribution in [3.63, 3.8) is 0 Å². The predicted molar refractivity (Wildman–Crippen MR) is 52.2 cm³/mol. The molecule has 92 valence electrons. The Kier molecular flexibility index (Phi) is 4.26. The summed E-state index contributed by atoms with van der Waals surface area (Å²) in [5.41, 5.74) is 0. The number of rotatable bonds is 2. The van der Waals surface area contributed by atoms with Crippen LogP contribution in [0.25, 0.3) is 0 Å². The first-order chi connectivity index (χ1) is 7.40. The van der Waals surface area contributed by atoms with Gasteiger partial charge in [0.15, 0.2) is 0 Å². The first-order valence-electron chi connectivity index (χ1n) is 5.05. The van der Waals surface area contributed by atoms with E-state index in [9.17, 15) is 9.59 Å². The van der Waals surface area contributed by atoms with Gasteiger partial charge in [-0.3, -0.25) is 9.59 Å². The molecule has 4 atom stereocenters. The Morgan fingerprint density at radius 1 is 0.875 bits per heavy atom. The zero-order valence-electron chi connectivity index (χ0n) is 9.76. The van der Waals surface area contributed by atoms with E-state index < -0.39 is 24.5 Å². The van der Waals surface area contributed by atoms with Gasteiger partial charge in [-0.15, -0.1) is 0 Å². The largest absolute Gasteiger partial charge is 0.429 e. The van der Waals surface area contributed by atoms with E-state index in [0.29, 0.717) is 0 Å². The maximum absolute atomic E-state index is 10.8. The molecular formula is C10H16O6. The third-order valence-corrected chi connectivity index (χ3v) is 2.15. The van der Waals surface area contributed by atoms with Crippen LogP contribution in [0.15, 0.2) is 0 Å². The normalized spacial score (nSPS) is 34.2. The number of esters is 2. The second-order valence-corrected chi connectivity index (χ2v) is 3.64. The monoisotopic (exact) mass is 232 g/mol. The Labute approximate surface area is 93.8 Å². The highest BCUT2D eigenvalue weighted by Gasteiger charge is 2.38. The number of carbonyl (C=O) groups excluding carboxylic acids is 2. The fourth-order valence-corrected chi connectivity index (χ4v) is 1.27. The van der Waals surface area contributed by atoms with Crippen LogP contribution < -0.4 is 0 Å². The van der Waals surface area contributed by atoms with Crippen LogP contribution >= 0.6 is 0 Å². The van der Waals surface area contributed by atoms with Crippen LogP contribution in [0.2, 0.25) is 0 Å². The fourth-order valence-electron chi connectivity index (χ4n) is 1.27. The smallest absolute Gasteiger partial charge is 0.305 e. The molecule has 1 rings (SSSR count). The van der Waals surface area contributed by atoms with E-state index in [0.717, 1.165) is 0 Å². The second kappa shape index (κ2) is 5.27. The quantitative estimate of drug-likeness (QED) is 0.649. The van der Waals surface area contributed by atoms with Gasteiger partial charge in [-0.1, -0.05) is 0 Å². The van der Waals surface area contributed by atoms with Crippen LogP contribution in [-0.4, -0.2) is 36.7 Å². The van der Waals surface area contributed by atoms with Gasteiger partial charge in [-0.25, -0.2) is 0 Å². The van der Waals surface area contributed by atoms with Crippen molar-refractivity contribution in [2.24, 2.45) is 0 Å². The number of hydrogen-bond donors (Lipinski definition) is 0. The molecular weight excluding hydrogens is 216 g/mol. The molecule has 0 aromatic rings. The van der Waals surface area contributed by atoms with Gasteiger partial charge in [-0.05, 0) is 13.8 Å². The maximum atomic E-state index is 10.8. The van der Waals surface area contributed by atoms with Crippen LogP contribution in [0.4, 0.5) is 0 Å². The van der Waals surface area contributed by atoms with Crippen molar-refractivity contribution < 1.29 is 28.5 Å². The summed E-state index contributed by atoms with van der Waals surface area (Å²) >= 11 is 0. The summed E-state index contributed by atoms with van der Waals surface area (Å²) in [4.78, 5) is 21.7. The molecule has 0 spiro atoms. The minimum Gasteiger partial charge on any atom is -0.429 e. The Balaban J connectivity index is 2.66. The van der Waals surface area contributed by atoms with Gasteiger partial charge in [0.1, 0.15) is 0 Å². The maximum Gasteiger partial charge on any atom is 0.305 e. The standard InChI is InChI=1S/C10H16O6/c1-5-6(2)14-10(16-8(4)12)9(13-5)15-7(3)11/h5-6,9-10H,1-4H3. The van der Waals surface area contributed by atoms with E-state index in [1.54, 1.807) is 13.8 Å². The molecule has 0 saturated carbocycles. The zero-order chi connectivity index (χ0) is 12.3. The van der Waals surface area contributed by atoms with Gasteiger partial charge in [0.05, 0.1) is 12.2 Å². The molecule has 16 heavy (non-hydrogen) atoms. The van der Waals surface area contributed by atoms with Crippen LogP contribution in [0, 0.1) is 0 Å². The van der Waals surface area contributed by atoms with Crippen molar-refractivity contribution in [2.45, 2.75) is 52.5 Å². The first-order valence-corrected chi connectivity index (χ1v) is 5.05. The third-order valence-electron chi connectivity index (χ3n) is 2.15. The molecule has 0 aliphatic carbocycles. The van der Waals surface area contributed by atoms with Crippen molar-refractivity contribution in [1.29, 1.82) is 0 Å². The van der Waals surface area contributed by atoms with E-state index in [1.165, 1.54) is 13.8 Å². The molecule has 6 nitrogen and oxygen atoms in total. The van der Waals surface area contributed by atoms with E-state index >= 15 is 0 Å². The van der Waals surface area contributed by atoms with E-state index in [4.69, 9.17) is 18.9 Å². The second-order valence-electron chi connectivity index (χ2n) is 3.64. The highest BCUT2D eigenvalue weighted by molar-refractivity contribution is 5.67. The van der Waals surface area contributed by atoms with Crippen LogP contribution in [-0.2, 0) is 28.5 Å². The minimum absolute atomic E-state index is 0.240. The van der Waals surface area contributed by atoms with Gasteiger partial charge in [-0.2, -0.15) is 0 Å². The number of carbonyl (C=O) groups is 2. The lowest BCUT2D eigenvalue weighted by atomic mass is 10.2. The summed E-state index contributed by atoms with van der Waals surface area (Å²) in [6, 6.07) is 0. The Bertz CT molecular complexity index is 248. The highest BCUT2D eigenvalue weighted by Crippen LogP contribution is 2.22. The van der Waals surface area contributed by atoms with E-state index in [-0.39, 0.29) is 12.2 Å². The minimum atomic E-state index is -1.01. The molecule has 0 aromatic heterocycles. The summed E-state index contributed by atoms with van der Waals surface area (Å²) in [6.07, 6.45) is -2.49. The van der Waals surface area contributed by atoms with Crippen LogP contribution in [0.5, 0.6) is 0 Å². The molecule has 0 radical (unpaired) electrons. The number of ether oxygens (including phenoxy) is 4.